The lowest BCUT2D eigenvalue weighted by atomic mass is 10.2. The van der Waals surface area contributed by atoms with Crippen LogP contribution in [0.15, 0.2) is 0 Å². The molecule has 0 aliphatic carbocycles. The second-order valence-corrected chi connectivity index (χ2v) is 8.97. The van der Waals surface area contributed by atoms with E-state index in [1.807, 2.05) is 13.8 Å². The average Bonchev–Trinajstić information content (AvgIpc) is 2.42. The van der Waals surface area contributed by atoms with Gasteiger partial charge in [0.25, 0.3) is 0 Å². The van der Waals surface area contributed by atoms with Crippen molar-refractivity contribution in [3.05, 3.63) is 0 Å². The molecular weight excluding hydrogens is 367 g/mol. The van der Waals surface area contributed by atoms with E-state index in [1.165, 1.54) is 23.5 Å². The van der Waals surface area contributed by atoms with Crippen LogP contribution in [0.25, 0.3) is 0 Å². The number of hydrogen-bond acceptors (Lipinski definition) is 7. The smallest absolute Gasteiger partial charge is 0.327 e. The summed E-state index contributed by atoms with van der Waals surface area (Å²) < 4.78 is 4.48. The van der Waals surface area contributed by atoms with Gasteiger partial charge in [0.05, 0.1) is 6.61 Å². The number of hydrogen-bond donors (Lipinski definition) is 6. The van der Waals surface area contributed by atoms with Gasteiger partial charge in [0.15, 0.2) is 10.3 Å². The molecule has 7 nitrogen and oxygen atoms in total. The molecule has 0 rings (SSSR count). The van der Waals surface area contributed by atoms with Crippen molar-refractivity contribution in [3.8, 4) is 0 Å². The lowest BCUT2D eigenvalue weighted by Gasteiger charge is -2.04. The van der Waals surface area contributed by atoms with E-state index in [0.717, 1.165) is 11.5 Å². The van der Waals surface area contributed by atoms with Crippen LogP contribution in [0.3, 0.4) is 0 Å². The Labute approximate surface area is 156 Å². The fourth-order valence-electron chi connectivity index (χ4n) is 0.729. The Bertz CT molecular complexity index is 290. The molecule has 0 radical (unpaired) electrons. The molecule has 0 spiro atoms. The van der Waals surface area contributed by atoms with Gasteiger partial charge in [0.2, 0.25) is 0 Å². The van der Waals surface area contributed by atoms with E-state index in [2.05, 4.69) is 32.2 Å². The predicted molar refractivity (Wildman–Crippen MR) is 111 cm³/mol. The zero-order valence-electron chi connectivity index (χ0n) is 15.6. The summed E-state index contributed by atoms with van der Waals surface area (Å²) in [5, 5.41) is 14.1. The maximum Gasteiger partial charge on any atom is 0.327 e. The predicted octanol–water partition coefficient (Wildman–Crippen LogP) is 3.41. The van der Waals surface area contributed by atoms with Crippen LogP contribution in [0.2, 0.25) is 0 Å². The summed E-state index contributed by atoms with van der Waals surface area (Å²) in [6.07, 6.45) is 0. The van der Waals surface area contributed by atoms with Crippen molar-refractivity contribution in [1.82, 2.24) is 0 Å². The van der Waals surface area contributed by atoms with Crippen LogP contribution >= 0.6 is 32.1 Å². The fourth-order valence-corrected chi connectivity index (χ4v) is 2.19. The molecule has 0 fully saturated rings. The van der Waals surface area contributed by atoms with E-state index in [0.29, 0.717) is 24.4 Å². The molecule has 0 bridgehead atoms. The van der Waals surface area contributed by atoms with Crippen molar-refractivity contribution < 1.29 is 14.3 Å². The summed E-state index contributed by atoms with van der Waals surface area (Å²) in [6, 6.07) is 0. The van der Waals surface area contributed by atoms with Gasteiger partial charge in [-0.3, -0.25) is 10.8 Å². The van der Waals surface area contributed by atoms with E-state index in [9.17, 15) is 0 Å². The van der Waals surface area contributed by atoms with Crippen molar-refractivity contribution in [2.75, 3.05) is 18.1 Å². The van der Waals surface area contributed by atoms with Crippen molar-refractivity contribution in [2.24, 2.45) is 29.2 Å². The molecular formula is C14H35N4O3PS2. The molecule has 0 amide bonds. The third kappa shape index (κ3) is 43.1. The zero-order chi connectivity index (χ0) is 19.7. The highest BCUT2D eigenvalue weighted by Gasteiger charge is 1.99. The molecule has 0 aliphatic rings. The second kappa shape index (κ2) is 19.3. The van der Waals surface area contributed by atoms with Crippen molar-refractivity contribution in [3.63, 3.8) is 0 Å². The first-order valence-corrected chi connectivity index (χ1v) is 10.8. The molecule has 0 aromatic carbocycles. The third-order valence-electron chi connectivity index (χ3n) is 1.67. The number of thioether (sulfide) groups is 2. The van der Waals surface area contributed by atoms with Gasteiger partial charge >= 0.3 is 8.60 Å². The lowest BCUT2D eigenvalue weighted by molar-refractivity contribution is 0.226. The van der Waals surface area contributed by atoms with Gasteiger partial charge in [-0.25, -0.2) is 0 Å². The van der Waals surface area contributed by atoms with Crippen molar-refractivity contribution in [2.45, 2.75) is 41.5 Å². The lowest BCUT2D eigenvalue weighted by Crippen LogP contribution is -2.06. The van der Waals surface area contributed by atoms with Crippen LogP contribution in [-0.4, -0.2) is 38.2 Å². The van der Waals surface area contributed by atoms with Gasteiger partial charge in [-0.2, -0.15) is 0 Å². The van der Waals surface area contributed by atoms with Crippen LogP contribution in [0, 0.1) is 28.6 Å². The minimum atomic E-state index is -2.13. The number of amidine groups is 2. The Morgan fingerprint density at radius 3 is 1.29 bits per heavy atom. The van der Waals surface area contributed by atoms with E-state index >= 15 is 0 Å². The van der Waals surface area contributed by atoms with Gasteiger partial charge in [0.1, 0.15) is 0 Å². The normalized spacial score (nSPS) is 10.3. The molecule has 146 valence electrons. The Balaban J connectivity index is -0.000000276. The number of rotatable bonds is 7. The summed E-state index contributed by atoms with van der Waals surface area (Å²) in [5.41, 5.74) is 10.2. The maximum absolute atomic E-state index is 8.20. The maximum atomic E-state index is 8.20. The van der Waals surface area contributed by atoms with E-state index in [4.69, 9.17) is 32.1 Å². The Morgan fingerprint density at radius 1 is 0.875 bits per heavy atom. The second-order valence-electron chi connectivity index (χ2n) is 6.08. The first-order chi connectivity index (χ1) is 10.9. The summed E-state index contributed by atoms with van der Waals surface area (Å²) in [5.74, 6) is 3.53. The summed E-state index contributed by atoms with van der Waals surface area (Å²) in [6.45, 7) is 12.7. The minimum absolute atomic E-state index is 0.221. The quantitative estimate of drug-likeness (QED) is 0.217. The monoisotopic (exact) mass is 402 g/mol. The van der Waals surface area contributed by atoms with Crippen molar-refractivity contribution in [1.29, 1.82) is 10.8 Å². The molecule has 0 unspecified atom stereocenters. The van der Waals surface area contributed by atoms with Crippen LogP contribution in [-0.2, 0) is 4.52 Å². The molecule has 0 aliphatic heterocycles. The first-order valence-electron chi connectivity index (χ1n) is 7.62. The highest BCUT2D eigenvalue weighted by Crippen LogP contribution is 2.24. The minimum Gasteiger partial charge on any atom is -0.379 e. The van der Waals surface area contributed by atoms with E-state index in [1.54, 1.807) is 0 Å². The number of nitrogens with one attached hydrogen (secondary N) is 2. The van der Waals surface area contributed by atoms with Crippen LogP contribution in [0.4, 0.5) is 0 Å². The Morgan fingerprint density at radius 2 is 1.21 bits per heavy atom. The third-order valence-corrected chi connectivity index (χ3v) is 4.34. The Kier molecular flexibility index (Phi) is 23.1. The molecule has 0 aromatic heterocycles. The average molecular weight is 403 g/mol. The molecule has 0 aromatic rings. The molecule has 0 saturated heterocycles. The highest BCUT2D eigenvalue weighted by atomic mass is 32.2. The van der Waals surface area contributed by atoms with Gasteiger partial charge in [-0.1, -0.05) is 65.1 Å². The summed E-state index contributed by atoms with van der Waals surface area (Å²) in [7, 11) is -2.13. The van der Waals surface area contributed by atoms with Crippen molar-refractivity contribution >= 4 is 42.5 Å². The first kappa shape index (κ1) is 28.7. The van der Waals surface area contributed by atoms with Gasteiger partial charge in [0, 0.05) is 11.5 Å². The molecule has 0 atom stereocenters. The van der Waals surface area contributed by atoms with E-state index < -0.39 is 8.60 Å². The summed E-state index contributed by atoms with van der Waals surface area (Å²) in [4.78, 5) is 16.4. The molecule has 24 heavy (non-hydrogen) atoms. The standard InChI is InChI=1S/2C5H12N2S.C4H11O3P/c2*1-4(2)3-8-5(6)7;1-4(2)3-7-8(5)6/h2*4H,3H2,1-2H3,(H3,6,7);4-6H,3H2,1-2H3. The topological polar surface area (TPSA) is 149 Å². The van der Waals surface area contributed by atoms with Gasteiger partial charge in [-0.05, 0) is 17.8 Å². The largest absolute Gasteiger partial charge is 0.379 e. The molecule has 10 heteroatoms. The molecule has 8 N–H and O–H groups in total. The van der Waals surface area contributed by atoms with Crippen LogP contribution in [0.5, 0.6) is 0 Å². The van der Waals surface area contributed by atoms with Crippen LogP contribution < -0.4 is 11.5 Å². The molecule has 0 heterocycles. The Hall–Kier alpha value is -0.0500. The van der Waals surface area contributed by atoms with Gasteiger partial charge < -0.3 is 25.8 Å². The zero-order valence-corrected chi connectivity index (χ0v) is 18.1. The van der Waals surface area contributed by atoms with Crippen LogP contribution in [0.1, 0.15) is 41.5 Å². The molecule has 0 saturated carbocycles. The van der Waals surface area contributed by atoms with E-state index in [-0.39, 0.29) is 10.3 Å². The SMILES string of the molecule is CC(C)COP(O)O.CC(C)CSC(=N)N.CC(C)CSC(=N)N. The summed E-state index contributed by atoms with van der Waals surface area (Å²) >= 11 is 2.80. The van der Waals surface area contributed by atoms with Gasteiger partial charge in [-0.15, -0.1) is 0 Å². The number of nitrogens with two attached hydrogens (primary N) is 2. The highest BCUT2D eigenvalue weighted by molar-refractivity contribution is 8.13. The fraction of sp³-hybridized carbons (Fsp3) is 0.857.